The van der Waals surface area contributed by atoms with Crippen molar-refractivity contribution in [3.05, 3.63) is 72.6 Å². The summed E-state index contributed by atoms with van der Waals surface area (Å²) < 4.78 is 0. The summed E-state index contributed by atoms with van der Waals surface area (Å²) in [6.07, 6.45) is 3.96. The van der Waals surface area contributed by atoms with Crippen LogP contribution in [0.25, 0.3) is 33.2 Å². The van der Waals surface area contributed by atoms with Gasteiger partial charge in [-0.3, -0.25) is 9.78 Å². The Morgan fingerprint density at radius 2 is 1.68 bits per heavy atom. The number of aromatic hydroxyl groups is 1. The highest BCUT2D eigenvalue weighted by molar-refractivity contribution is 6.00. The highest BCUT2D eigenvalue weighted by Crippen LogP contribution is 2.38. The zero-order valence-electron chi connectivity index (χ0n) is 21.2. The Balaban J connectivity index is 1.43. The summed E-state index contributed by atoms with van der Waals surface area (Å²) in [6.45, 7) is 7.51. The minimum absolute atomic E-state index is 0.108. The Bertz CT molecular complexity index is 1480. The number of nitriles is 1. The molecule has 0 aliphatic carbocycles. The summed E-state index contributed by atoms with van der Waals surface area (Å²) in [4.78, 5) is 25.9. The SMILES string of the molecule is CCC(=O)N1C(C)CN(c2ccc(-c3cnc4c(-c5ccc(C#N)cc5)cccc4c3O)cn2)CC1C. The fraction of sp³-hybridized carbons (Fsp3) is 0.267. The molecule has 1 saturated heterocycles. The minimum atomic E-state index is 0.108. The van der Waals surface area contributed by atoms with Gasteiger partial charge in [-0.2, -0.15) is 5.26 Å². The van der Waals surface area contributed by atoms with Gasteiger partial charge in [0, 0.05) is 66.1 Å². The van der Waals surface area contributed by atoms with E-state index in [1.807, 2.05) is 54.3 Å². The van der Waals surface area contributed by atoms with Crippen LogP contribution in [0.15, 0.2) is 67.0 Å². The predicted octanol–water partition coefficient (Wildman–Crippen LogP) is 5.38. The van der Waals surface area contributed by atoms with E-state index >= 15 is 0 Å². The topological polar surface area (TPSA) is 93.4 Å². The number of nitrogens with zero attached hydrogens (tertiary/aromatic N) is 5. The van der Waals surface area contributed by atoms with Crippen LogP contribution in [0.3, 0.4) is 0 Å². The van der Waals surface area contributed by atoms with Crippen molar-refractivity contribution in [3.8, 4) is 34.1 Å². The van der Waals surface area contributed by atoms with E-state index in [4.69, 9.17) is 15.2 Å². The number of carbonyl (C=O) groups is 1. The van der Waals surface area contributed by atoms with Crippen molar-refractivity contribution in [2.75, 3.05) is 18.0 Å². The lowest BCUT2D eigenvalue weighted by Crippen LogP contribution is -2.58. The van der Waals surface area contributed by atoms with Crippen LogP contribution in [0.1, 0.15) is 32.8 Å². The molecule has 1 aliphatic heterocycles. The molecule has 7 heteroatoms. The van der Waals surface area contributed by atoms with Crippen molar-refractivity contribution in [3.63, 3.8) is 0 Å². The number of pyridine rings is 2. The molecule has 1 N–H and O–H groups in total. The summed E-state index contributed by atoms with van der Waals surface area (Å²) in [5, 5.41) is 20.9. The number of hydrogen-bond acceptors (Lipinski definition) is 6. The monoisotopic (exact) mass is 491 g/mol. The first kappa shape index (κ1) is 24.3. The maximum absolute atomic E-state index is 12.3. The van der Waals surface area contributed by atoms with Gasteiger partial charge in [-0.05, 0) is 49.7 Å². The number of benzene rings is 2. The van der Waals surface area contributed by atoms with Gasteiger partial charge in [0.25, 0.3) is 0 Å². The fourth-order valence-corrected chi connectivity index (χ4v) is 5.29. The zero-order valence-corrected chi connectivity index (χ0v) is 21.2. The smallest absolute Gasteiger partial charge is 0.222 e. The maximum atomic E-state index is 12.3. The molecule has 37 heavy (non-hydrogen) atoms. The fourth-order valence-electron chi connectivity index (χ4n) is 5.29. The largest absolute Gasteiger partial charge is 0.507 e. The van der Waals surface area contributed by atoms with Crippen LogP contribution in [0.4, 0.5) is 5.82 Å². The van der Waals surface area contributed by atoms with Crippen LogP contribution in [-0.4, -0.2) is 51.1 Å². The van der Waals surface area contributed by atoms with Gasteiger partial charge in [-0.25, -0.2) is 4.98 Å². The van der Waals surface area contributed by atoms with Gasteiger partial charge < -0.3 is 14.9 Å². The highest BCUT2D eigenvalue weighted by Gasteiger charge is 2.32. The molecule has 186 valence electrons. The molecule has 2 unspecified atom stereocenters. The first-order chi connectivity index (χ1) is 17.9. The molecule has 2 atom stereocenters. The van der Waals surface area contributed by atoms with E-state index in [-0.39, 0.29) is 23.7 Å². The average Bonchev–Trinajstić information content (AvgIpc) is 2.92. The number of amides is 1. The van der Waals surface area contributed by atoms with Crippen LogP contribution < -0.4 is 4.90 Å². The van der Waals surface area contributed by atoms with Crippen molar-refractivity contribution in [1.82, 2.24) is 14.9 Å². The molecule has 1 aliphatic rings. The van der Waals surface area contributed by atoms with Crippen molar-refractivity contribution < 1.29 is 9.90 Å². The first-order valence-electron chi connectivity index (χ1n) is 12.5. The third kappa shape index (κ3) is 4.47. The second-order valence-electron chi connectivity index (χ2n) is 9.57. The lowest BCUT2D eigenvalue weighted by molar-refractivity contribution is -0.135. The Morgan fingerprint density at radius 1 is 0.973 bits per heavy atom. The van der Waals surface area contributed by atoms with Crippen molar-refractivity contribution >= 4 is 22.6 Å². The summed E-state index contributed by atoms with van der Waals surface area (Å²) in [6, 6.07) is 19.3. The van der Waals surface area contributed by atoms with E-state index in [0.29, 0.717) is 28.5 Å². The van der Waals surface area contributed by atoms with Gasteiger partial charge in [-0.15, -0.1) is 0 Å². The van der Waals surface area contributed by atoms with Crippen LogP contribution >= 0.6 is 0 Å². The van der Waals surface area contributed by atoms with E-state index in [0.717, 1.165) is 35.6 Å². The summed E-state index contributed by atoms with van der Waals surface area (Å²) in [5.74, 6) is 1.19. The van der Waals surface area contributed by atoms with Gasteiger partial charge in [-0.1, -0.05) is 31.2 Å². The van der Waals surface area contributed by atoms with Crippen molar-refractivity contribution in [1.29, 1.82) is 5.26 Å². The molecule has 2 aromatic carbocycles. The second-order valence-corrected chi connectivity index (χ2v) is 9.57. The van der Waals surface area contributed by atoms with Crippen LogP contribution in [0.2, 0.25) is 0 Å². The number of anilines is 1. The Morgan fingerprint density at radius 3 is 2.30 bits per heavy atom. The molecule has 5 rings (SSSR count). The zero-order chi connectivity index (χ0) is 26.1. The number of piperazine rings is 1. The number of rotatable bonds is 4. The molecule has 7 nitrogen and oxygen atoms in total. The molecular formula is C30H29N5O2. The molecule has 0 saturated carbocycles. The van der Waals surface area contributed by atoms with Gasteiger partial charge in [0.2, 0.25) is 5.91 Å². The quantitative estimate of drug-likeness (QED) is 0.412. The first-order valence-corrected chi connectivity index (χ1v) is 12.5. The molecule has 3 heterocycles. The lowest BCUT2D eigenvalue weighted by Gasteiger charge is -2.45. The predicted molar refractivity (Wildman–Crippen MR) is 145 cm³/mol. The second kappa shape index (κ2) is 9.90. The molecule has 1 amide bonds. The molecule has 2 aromatic heterocycles. The third-order valence-electron chi connectivity index (χ3n) is 7.09. The highest BCUT2D eigenvalue weighted by atomic mass is 16.3. The average molecular weight is 492 g/mol. The Kier molecular flexibility index (Phi) is 6.49. The third-order valence-corrected chi connectivity index (χ3v) is 7.09. The minimum Gasteiger partial charge on any atom is -0.507 e. The van der Waals surface area contributed by atoms with Crippen LogP contribution in [0, 0.1) is 11.3 Å². The van der Waals surface area contributed by atoms with Crippen molar-refractivity contribution in [2.45, 2.75) is 39.3 Å². The van der Waals surface area contributed by atoms with Gasteiger partial charge in [0.1, 0.15) is 11.6 Å². The van der Waals surface area contributed by atoms with E-state index < -0.39 is 0 Å². The van der Waals surface area contributed by atoms with E-state index in [2.05, 4.69) is 24.8 Å². The normalized spacial score (nSPS) is 17.6. The molecular weight excluding hydrogens is 462 g/mol. The Hall–Kier alpha value is -4.44. The van der Waals surface area contributed by atoms with E-state index in [9.17, 15) is 9.90 Å². The molecule has 0 bridgehead atoms. The lowest BCUT2D eigenvalue weighted by atomic mass is 9.98. The molecule has 0 radical (unpaired) electrons. The van der Waals surface area contributed by atoms with Crippen LogP contribution in [0.5, 0.6) is 5.75 Å². The number of hydrogen-bond donors (Lipinski definition) is 1. The number of fused-ring (bicyclic) bond motifs is 1. The summed E-state index contributed by atoms with van der Waals surface area (Å²) in [5.41, 5.74) is 4.50. The van der Waals surface area contributed by atoms with Gasteiger partial charge in [0.15, 0.2) is 0 Å². The summed E-state index contributed by atoms with van der Waals surface area (Å²) in [7, 11) is 0. The molecule has 1 fully saturated rings. The molecule has 0 spiro atoms. The van der Waals surface area contributed by atoms with Gasteiger partial charge in [0.05, 0.1) is 17.1 Å². The Labute approximate surface area is 216 Å². The van der Waals surface area contributed by atoms with Crippen molar-refractivity contribution in [2.24, 2.45) is 0 Å². The van der Waals surface area contributed by atoms with Crippen LogP contribution in [-0.2, 0) is 4.79 Å². The number of carbonyl (C=O) groups excluding carboxylic acids is 1. The van der Waals surface area contributed by atoms with E-state index in [1.165, 1.54) is 0 Å². The maximum Gasteiger partial charge on any atom is 0.222 e. The van der Waals surface area contributed by atoms with E-state index in [1.54, 1.807) is 24.5 Å². The molecule has 4 aromatic rings. The standard InChI is InChI=1S/C30H29N5O2/c1-4-28(36)35-19(2)17-34(18-20(35)3)27-13-12-23(15-32-27)26-16-33-29-24(6-5-7-25(29)30(26)37)22-10-8-21(14-31)9-11-22/h5-13,15-16,19-20H,4,17-18H2,1-3H3,(H,33,37). The van der Waals surface area contributed by atoms with Gasteiger partial charge >= 0.3 is 0 Å². The summed E-state index contributed by atoms with van der Waals surface area (Å²) >= 11 is 0. The number of aromatic nitrogens is 2. The number of para-hydroxylation sites is 1.